The molecule has 1 aliphatic heterocycles. The van der Waals surface area contributed by atoms with Gasteiger partial charge in [0, 0.05) is 19.3 Å². The number of rotatable bonds is 2. The highest BCUT2D eigenvalue weighted by molar-refractivity contribution is 6.33. The molecule has 1 aliphatic rings. The van der Waals surface area contributed by atoms with Gasteiger partial charge in [-0.1, -0.05) is 11.6 Å². The maximum atomic E-state index is 12.8. The van der Waals surface area contributed by atoms with E-state index in [2.05, 4.69) is 4.98 Å². The number of amides is 1. The number of hydrogen-bond donors (Lipinski definition) is 1. The average Bonchev–Trinajstić information content (AvgIpc) is 2.37. The Labute approximate surface area is 118 Å². The first kappa shape index (κ1) is 14.9. The number of hydrogen-bond acceptors (Lipinski definition) is 3. The number of alkyl halides is 3. The van der Waals surface area contributed by atoms with Gasteiger partial charge in [-0.25, -0.2) is 4.98 Å². The van der Waals surface area contributed by atoms with Crippen LogP contribution in [0, 0.1) is 5.92 Å². The lowest BCUT2D eigenvalue weighted by Crippen LogP contribution is -2.42. The van der Waals surface area contributed by atoms with Crippen LogP contribution in [-0.4, -0.2) is 30.2 Å². The topological polar surface area (TPSA) is 59.2 Å². The largest absolute Gasteiger partial charge is 0.393 e. The number of carbonyl (C=O) groups excluding carboxylic acids is 1. The Kier molecular flexibility index (Phi) is 4.08. The number of carbonyl (C=O) groups is 1. The predicted molar refractivity (Wildman–Crippen MR) is 68.8 cm³/mol. The van der Waals surface area contributed by atoms with Crippen LogP contribution in [0.3, 0.4) is 0 Å². The molecule has 8 heteroatoms. The van der Waals surface area contributed by atoms with Gasteiger partial charge in [0.15, 0.2) is 0 Å². The number of aromatic nitrogens is 1. The third-order valence-electron chi connectivity index (χ3n) is 3.29. The molecule has 0 unspecified atom stereocenters. The highest BCUT2D eigenvalue weighted by Crippen LogP contribution is 2.36. The van der Waals surface area contributed by atoms with Crippen LogP contribution in [0.1, 0.15) is 23.2 Å². The zero-order valence-electron chi connectivity index (χ0n) is 10.5. The molecule has 1 fully saturated rings. The number of piperidine rings is 1. The van der Waals surface area contributed by atoms with E-state index in [0.717, 1.165) is 0 Å². The monoisotopic (exact) mass is 307 g/mol. The van der Waals surface area contributed by atoms with Crippen LogP contribution in [0.5, 0.6) is 0 Å². The highest BCUT2D eigenvalue weighted by atomic mass is 35.5. The number of anilines is 1. The molecule has 0 radical (unpaired) electrons. The van der Waals surface area contributed by atoms with Crippen LogP contribution in [0.15, 0.2) is 12.3 Å². The molecule has 0 aromatic carbocycles. The van der Waals surface area contributed by atoms with Crippen molar-refractivity contribution < 1.29 is 18.0 Å². The fourth-order valence-electron chi connectivity index (χ4n) is 2.23. The third kappa shape index (κ3) is 3.15. The molecule has 0 saturated carbocycles. The summed E-state index contributed by atoms with van der Waals surface area (Å²) in [4.78, 5) is 16.4. The predicted octanol–water partition coefficient (Wildman–Crippen LogP) is 2.61. The molecule has 0 bridgehead atoms. The summed E-state index contributed by atoms with van der Waals surface area (Å²) in [6.07, 6.45) is -2.48. The van der Waals surface area contributed by atoms with E-state index in [1.807, 2.05) is 0 Å². The second-order valence-corrected chi connectivity index (χ2v) is 5.13. The molecule has 1 saturated heterocycles. The first-order valence-electron chi connectivity index (χ1n) is 6.06. The molecule has 1 aromatic rings. The number of nitrogens with zero attached hydrogens (tertiary/aromatic N) is 2. The minimum atomic E-state index is -4.22. The van der Waals surface area contributed by atoms with Gasteiger partial charge >= 0.3 is 6.18 Å². The maximum Gasteiger partial charge on any atom is 0.393 e. The van der Waals surface area contributed by atoms with Crippen molar-refractivity contribution in [1.82, 2.24) is 4.98 Å². The number of primary amides is 1. The Morgan fingerprint density at radius 3 is 2.75 bits per heavy atom. The second-order valence-electron chi connectivity index (χ2n) is 4.72. The van der Waals surface area contributed by atoms with Crippen molar-refractivity contribution in [2.75, 3.05) is 18.0 Å². The lowest BCUT2D eigenvalue weighted by Gasteiger charge is -2.34. The molecule has 0 aliphatic carbocycles. The second kappa shape index (κ2) is 5.47. The fourth-order valence-corrected chi connectivity index (χ4v) is 2.52. The van der Waals surface area contributed by atoms with Gasteiger partial charge < -0.3 is 10.6 Å². The summed E-state index contributed by atoms with van der Waals surface area (Å²) in [5.74, 6) is -1.81. The summed E-state index contributed by atoms with van der Waals surface area (Å²) in [6, 6.07) is 1.32. The quantitative estimate of drug-likeness (QED) is 0.913. The molecule has 1 atom stereocenters. The van der Waals surface area contributed by atoms with Crippen LogP contribution < -0.4 is 10.6 Å². The van der Waals surface area contributed by atoms with Gasteiger partial charge in [0.1, 0.15) is 5.82 Å². The van der Waals surface area contributed by atoms with Gasteiger partial charge in [-0.3, -0.25) is 4.79 Å². The first-order valence-corrected chi connectivity index (χ1v) is 6.44. The van der Waals surface area contributed by atoms with Gasteiger partial charge in [-0.05, 0) is 18.9 Å². The van der Waals surface area contributed by atoms with Gasteiger partial charge in [0.2, 0.25) is 5.91 Å². The van der Waals surface area contributed by atoms with E-state index < -0.39 is 18.0 Å². The van der Waals surface area contributed by atoms with Crippen molar-refractivity contribution in [3.05, 3.63) is 22.8 Å². The highest BCUT2D eigenvalue weighted by Gasteiger charge is 2.42. The van der Waals surface area contributed by atoms with E-state index >= 15 is 0 Å². The molecule has 2 heterocycles. The zero-order chi connectivity index (χ0) is 14.9. The minimum absolute atomic E-state index is 0.108. The van der Waals surface area contributed by atoms with Crippen molar-refractivity contribution in [2.45, 2.75) is 19.0 Å². The van der Waals surface area contributed by atoms with E-state index in [9.17, 15) is 18.0 Å². The molecular formula is C12H13ClF3N3O. The molecule has 2 rings (SSSR count). The van der Waals surface area contributed by atoms with E-state index in [-0.39, 0.29) is 29.4 Å². The minimum Gasteiger partial charge on any atom is -0.366 e. The van der Waals surface area contributed by atoms with Crippen LogP contribution >= 0.6 is 11.6 Å². The standard InChI is InChI=1S/C12H13ClF3N3O/c13-9-4-7(10(17)20)5-18-11(9)19-3-1-2-8(6-19)12(14,15)16/h4-5,8H,1-3,6H2,(H2,17,20)/t8-/m0/s1. The van der Waals surface area contributed by atoms with E-state index in [1.54, 1.807) is 0 Å². The van der Waals surface area contributed by atoms with E-state index in [1.165, 1.54) is 17.2 Å². The average molecular weight is 308 g/mol. The summed E-state index contributed by atoms with van der Waals surface area (Å²) in [6.45, 7) is 0.279. The van der Waals surface area contributed by atoms with Crippen LogP contribution in [0.2, 0.25) is 5.02 Å². The van der Waals surface area contributed by atoms with Gasteiger partial charge in [-0.2, -0.15) is 13.2 Å². The van der Waals surface area contributed by atoms with Crippen LogP contribution in [0.4, 0.5) is 19.0 Å². The normalized spacial score (nSPS) is 20.0. The van der Waals surface area contributed by atoms with Gasteiger partial charge in [0.25, 0.3) is 0 Å². The van der Waals surface area contributed by atoms with Crippen molar-refractivity contribution in [3.63, 3.8) is 0 Å². The lowest BCUT2D eigenvalue weighted by molar-refractivity contribution is -0.176. The van der Waals surface area contributed by atoms with Crippen molar-refractivity contribution >= 4 is 23.3 Å². The molecule has 110 valence electrons. The molecule has 4 nitrogen and oxygen atoms in total. The van der Waals surface area contributed by atoms with Gasteiger partial charge in [0.05, 0.1) is 16.5 Å². The molecular weight excluding hydrogens is 295 g/mol. The first-order chi connectivity index (χ1) is 9.29. The Hall–Kier alpha value is -1.50. The van der Waals surface area contributed by atoms with E-state index in [4.69, 9.17) is 17.3 Å². The summed E-state index contributed by atoms with van der Waals surface area (Å²) in [5.41, 5.74) is 5.22. The molecule has 1 amide bonds. The maximum absolute atomic E-state index is 12.8. The molecule has 20 heavy (non-hydrogen) atoms. The molecule has 0 spiro atoms. The fraction of sp³-hybridized carbons (Fsp3) is 0.500. The van der Waals surface area contributed by atoms with Crippen LogP contribution in [0.25, 0.3) is 0 Å². The number of nitrogens with two attached hydrogens (primary N) is 1. The molecule has 2 N–H and O–H groups in total. The van der Waals surface area contributed by atoms with Crippen molar-refractivity contribution in [1.29, 1.82) is 0 Å². The van der Waals surface area contributed by atoms with Crippen molar-refractivity contribution in [3.8, 4) is 0 Å². The lowest BCUT2D eigenvalue weighted by atomic mass is 9.97. The van der Waals surface area contributed by atoms with Gasteiger partial charge in [-0.15, -0.1) is 0 Å². The van der Waals surface area contributed by atoms with Crippen molar-refractivity contribution in [2.24, 2.45) is 11.7 Å². The van der Waals surface area contributed by atoms with Crippen LogP contribution in [-0.2, 0) is 0 Å². The third-order valence-corrected chi connectivity index (χ3v) is 3.57. The SMILES string of the molecule is NC(=O)c1cnc(N2CCC[C@H](C(F)(F)F)C2)c(Cl)c1. The smallest absolute Gasteiger partial charge is 0.366 e. The molecule has 1 aromatic heterocycles. The number of halogens is 4. The summed E-state index contributed by atoms with van der Waals surface area (Å²) in [5, 5.41) is 0.129. The Bertz CT molecular complexity index is 521. The zero-order valence-corrected chi connectivity index (χ0v) is 11.2. The number of pyridine rings is 1. The Morgan fingerprint density at radius 2 is 2.20 bits per heavy atom. The Morgan fingerprint density at radius 1 is 1.50 bits per heavy atom. The summed E-state index contributed by atoms with van der Waals surface area (Å²) in [7, 11) is 0. The summed E-state index contributed by atoms with van der Waals surface area (Å²) < 4.78 is 38.3. The van der Waals surface area contributed by atoms with E-state index in [0.29, 0.717) is 13.0 Å². The Balaban J connectivity index is 2.21. The summed E-state index contributed by atoms with van der Waals surface area (Å²) >= 11 is 5.98.